The number of hydrogen-bond acceptors (Lipinski definition) is 5. The number of rotatable bonds is 4. The summed E-state index contributed by atoms with van der Waals surface area (Å²) in [5, 5.41) is 12.2. The number of anilines is 1. The first-order valence-corrected chi connectivity index (χ1v) is 9.34. The quantitative estimate of drug-likeness (QED) is 0.819. The maximum absolute atomic E-state index is 12.0. The van der Waals surface area contributed by atoms with E-state index in [0.717, 1.165) is 31.7 Å². The van der Waals surface area contributed by atoms with Crippen LogP contribution in [0, 0.1) is 5.41 Å². The third-order valence-electron chi connectivity index (χ3n) is 5.69. The van der Waals surface area contributed by atoms with E-state index in [2.05, 4.69) is 15.2 Å². The first-order chi connectivity index (χ1) is 12.8. The topological polar surface area (TPSA) is 103 Å². The van der Waals surface area contributed by atoms with E-state index in [4.69, 9.17) is 0 Å². The summed E-state index contributed by atoms with van der Waals surface area (Å²) in [5.74, 6) is -0.476. The van der Waals surface area contributed by atoms with Crippen molar-refractivity contribution in [2.24, 2.45) is 5.41 Å². The molecule has 27 heavy (non-hydrogen) atoms. The highest BCUT2D eigenvalue weighted by atomic mass is 16.4. The SMILES string of the molecule is CCNC(=O)c1ccnc(N2CCC3(CC2)CC(C(=O)O)N(C(C)=O)C3)c1. The van der Waals surface area contributed by atoms with Gasteiger partial charge in [-0.15, -0.1) is 0 Å². The largest absolute Gasteiger partial charge is 0.480 e. The lowest BCUT2D eigenvalue weighted by Gasteiger charge is -2.39. The number of amides is 2. The summed E-state index contributed by atoms with van der Waals surface area (Å²) in [6.07, 6.45) is 3.74. The molecule has 8 nitrogen and oxygen atoms in total. The van der Waals surface area contributed by atoms with Gasteiger partial charge >= 0.3 is 5.97 Å². The number of pyridine rings is 1. The van der Waals surface area contributed by atoms with Crippen molar-refractivity contribution in [3.8, 4) is 0 Å². The molecule has 1 spiro atoms. The zero-order chi connectivity index (χ0) is 19.6. The molecule has 3 heterocycles. The van der Waals surface area contributed by atoms with E-state index in [1.165, 1.54) is 11.8 Å². The molecule has 2 amide bonds. The lowest BCUT2D eigenvalue weighted by molar-refractivity contribution is -0.147. The van der Waals surface area contributed by atoms with Crippen LogP contribution in [0.4, 0.5) is 5.82 Å². The minimum absolute atomic E-state index is 0.119. The van der Waals surface area contributed by atoms with Gasteiger partial charge in [0.25, 0.3) is 5.91 Å². The van der Waals surface area contributed by atoms with Crippen LogP contribution < -0.4 is 10.2 Å². The molecule has 0 radical (unpaired) electrons. The van der Waals surface area contributed by atoms with Gasteiger partial charge < -0.3 is 20.2 Å². The van der Waals surface area contributed by atoms with E-state index in [1.807, 2.05) is 6.92 Å². The number of nitrogens with one attached hydrogen (secondary N) is 1. The van der Waals surface area contributed by atoms with Gasteiger partial charge in [0.05, 0.1) is 0 Å². The number of aliphatic carboxylic acids is 1. The summed E-state index contributed by atoms with van der Waals surface area (Å²) in [5.41, 5.74) is 0.430. The van der Waals surface area contributed by atoms with Crippen molar-refractivity contribution < 1.29 is 19.5 Å². The average Bonchev–Trinajstić information content (AvgIpc) is 3.03. The van der Waals surface area contributed by atoms with Gasteiger partial charge in [-0.05, 0) is 43.7 Å². The predicted molar refractivity (Wildman–Crippen MR) is 99.6 cm³/mol. The molecule has 0 saturated carbocycles. The van der Waals surface area contributed by atoms with Crippen LogP contribution in [0.1, 0.15) is 43.5 Å². The molecule has 2 aliphatic rings. The van der Waals surface area contributed by atoms with Gasteiger partial charge in [0, 0.05) is 44.9 Å². The zero-order valence-corrected chi connectivity index (χ0v) is 15.8. The van der Waals surface area contributed by atoms with Crippen LogP contribution in [0.15, 0.2) is 18.3 Å². The van der Waals surface area contributed by atoms with E-state index in [-0.39, 0.29) is 17.2 Å². The number of carbonyl (C=O) groups excluding carboxylic acids is 2. The maximum Gasteiger partial charge on any atom is 0.326 e. The van der Waals surface area contributed by atoms with Gasteiger partial charge in [-0.25, -0.2) is 9.78 Å². The van der Waals surface area contributed by atoms with E-state index in [1.54, 1.807) is 18.3 Å². The number of carboxylic acids is 1. The van der Waals surface area contributed by atoms with Crippen LogP contribution in [0.5, 0.6) is 0 Å². The Balaban J connectivity index is 1.69. The van der Waals surface area contributed by atoms with E-state index >= 15 is 0 Å². The second-order valence-corrected chi connectivity index (χ2v) is 7.45. The van der Waals surface area contributed by atoms with Crippen molar-refractivity contribution in [2.75, 3.05) is 31.1 Å². The predicted octanol–water partition coefficient (Wildman–Crippen LogP) is 1.12. The van der Waals surface area contributed by atoms with Crippen molar-refractivity contribution in [2.45, 2.75) is 39.2 Å². The van der Waals surface area contributed by atoms with E-state index in [9.17, 15) is 19.5 Å². The molecule has 0 bridgehead atoms. The van der Waals surface area contributed by atoms with Gasteiger partial charge in [0.15, 0.2) is 0 Å². The van der Waals surface area contributed by atoms with Gasteiger partial charge in [0.1, 0.15) is 11.9 Å². The van der Waals surface area contributed by atoms with Crippen molar-refractivity contribution in [3.63, 3.8) is 0 Å². The van der Waals surface area contributed by atoms with Crippen molar-refractivity contribution in [1.29, 1.82) is 0 Å². The summed E-state index contributed by atoms with van der Waals surface area (Å²) >= 11 is 0. The molecule has 1 aromatic heterocycles. The molecule has 2 aliphatic heterocycles. The molecule has 3 rings (SSSR count). The Morgan fingerprint density at radius 3 is 2.59 bits per heavy atom. The average molecular weight is 374 g/mol. The summed E-state index contributed by atoms with van der Waals surface area (Å²) < 4.78 is 0. The highest BCUT2D eigenvalue weighted by Crippen LogP contribution is 2.44. The van der Waals surface area contributed by atoms with Crippen molar-refractivity contribution in [3.05, 3.63) is 23.9 Å². The van der Waals surface area contributed by atoms with Gasteiger partial charge in [-0.2, -0.15) is 0 Å². The lowest BCUT2D eigenvalue weighted by atomic mass is 9.76. The molecule has 0 aromatic carbocycles. The van der Waals surface area contributed by atoms with E-state index < -0.39 is 12.0 Å². The fourth-order valence-electron chi connectivity index (χ4n) is 4.18. The number of likely N-dealkylation sites (tertiary alicyclic amines) is 1. The standard InChI is InChI=1S/C19H26N4O4/c1-3-20-17(25)14-4-7-21-16(10-14)22-8-5-19(6-9-22)11-15(18(26)27)23(12-19)13(2)24/h4,7,10,15H,3,5-6,8-9,11-12H2,1-2H3,(H,20,25)(H,26,27). The summed E-state index contributed by atoms with van der Waals surface area (Å²) in [6.45, 7) is 5.83. The summed E-state index contributed by atoms with van der Waals surface area (Å²) in [7, 11) is 0. The number of piperidine rings is 1. The maximum atomic E-state index is 12.0. The molecule has 146 valence electrons. The van der Waals surface area contributed by atoms with Crippen LogP contribution in [0.25, 0.3) is 0 Å². The van der Waals surface area contributed by atoms with Crippen LogP contribution in [0.3, 0.4) is 0 Å². The number of aromatic nitrogens is 1. The highest BCUT2D eigenvalue weighted by Gasteiger charge is 2.49. The smallest absolute Gasteiger partial charge is 0.326 e. The normalized spacial score (nSPS) is 21.3. The molecule has 2 saturated heterocycles. The molecule has 2 N–H and O–H groups in total. The van der Waals surface area contributed by atoms with Crippen LogP contribution in [-0.2, 0) is 9.59 Å². The molecule has 1 unspecified atom stereocenters. The van der Waals surface area contributed by atoms with E-state index in [0.29, 0.717) is 25.1 Å². The summed E-state index contributed by atoms with van der Waals surface area (Å²) in [6, 6.07) is 2.76. The van der Waals surface area contributed by atoms with Crippen LogP contribution in [0.2, 0.25) is 0 Å². The molecular formula is C19H26N4O4. The van der Waals surface area contributed by atoms with Crippen LogP contribution in [-0.4, -0.2) is 65.0 Å². The van der Waals surface area contributed by atoms with Gasteiger partial charge in [-0.1, -0.05) is 0 Å². The highest BCUT2D eigenvalue weighted by molar-refractivity contribution is 5.94. The molecular weight excluding hydrogens is 348 g/mol. The molecule has 8 heteroatoms. The Bertz CT molecular complexity index is 719. The summed E-state index contributed by atoms with van der Waals surface area (Å²) in [4.78, 5) is 43.4. The minimum Gasteiger partial charge on any atom is -0.480 e. The number of hydrogen-bond donors (Lipinski definition) is 2. The fourth-order valence-corrected chi connectivity index (χ4v) is 4.18. The first-order valence-electron chi connectivity index (χ1n) is 9.34. The fraction of sp³-hybridized carbons (Fsp3) is 0.579. The van der Waals surface area contributed by atoms with Gasteiger partial charge in [-0.3, -0.25) is 9.59 Å². The molecule has 1 atom stereocenters. The van der Waals surface area contributed by atoms with Crippen molar-refractivity contribution in [1.82, 2.24) is 15.2 Å². The Kier molecular flexibility index (Phi) is 5.34. The molecule has 0 aliphatic carbocycles. The lowest BCUT2D eigenvalue weighted by Crippen LogP contribution is -2.42. The number of carboxylic acid groups (broad SMARTS) is 1. The Hall–Kier alpha value is -2.64. The number of carbonyl (C=O) groups is 3. The monoisotopic (exact) mass is 374 g/mol. The van der Waals surface area contributed by atoms with Gasteiger partial charge in [0.2, 0.25) is 5.91 Å². The second-order valence-electron chi connectivity index (χ2n) is 7.45. The first kappa shape index (κ1) is 19.1. The third kappa shape index (κ3) is 3.89. The Labute approximate surface area is 158 Å². The van der Waals surface area contributed by atoms with Crippen molar-refractivity contribution >= 4 is 23.6 Å². The zero-order valence-electron chi connectivity index (χ0n) is 15.8. The molecule has 2 fully saturated rings. The second kappa shape index (κ2) is 7.54. The van der Waals surface area contributed by atoms with Crippen LogP contribution >= 0.6 is 0 Å². The Morgan fingerprint density at radius 2 is 2.04 bits per heavy atom. The Morgan fingerprint density at radius 1 is 1.33 bits per heavy atom. The molecule has 1 aromatic rings. The third-order valence-corrected chi connectivity index (χ3v) is 5.69. The minimum atomic E-state index is -0.930. The number of nitrogens with zero attached hydrogens (tertiary/aromatic N) is 3.